The van der Waals surface area contributed by atoms with E-state index in [0.717, 1.165) is 37.9 Å². The highest BCUT2D eigenvalue weighted by atomic mass is 16.3. The number of nitrogens with one attached hydrogen (secondary N) is 2. The fourth-order valence-corrected chi connectivity index (χ4v) is 4.20. The predicted octanol–water partition coefficient (Wildman–Crippen LogP) is 3.46. The summed E-state index contributed by atoms with van der Waals surface area (Å²) in [7, 11) is 0. The first-order chi connectivity index (χ1) is 12.8. The quantitative estimate of drug-likeness (QED) is 0.530. The van der Waals surface area contributed by atoms with Crippen LogP contribution in [-0.2, 0) is 13.0 Å². The van der Waals surface area contributed by atoms with Gasteiger partial charge in [0.1, 0.15) is 0 Å². The van der Waals surface area contributed by atoms with Crippen molar-refractivity contribution in [3.63, 3.8) is 0 Å². The Bertz CT molecular complexity index is 977. The van der Waals surface area contributed by atoms with Crippen molar-refractivity contribution in [3.8, 4) is 11.1 Å². The van der Waals surface area contributed by atoms with E-state index in [1.54, 1.807) is 0 Å². The van der Waals surface area contributed by atoms with E-state index in [0.29, 0.717) is 6.04 Å². The van der Waals surface area contributed by atoms with Gasteiger partial charge in [-0.25, -0.2) is 0 Å². The van der Waals surface area contributed by atoms with Crippen LogP contribution in [0, 0.1) is 0 Å². The van der Waals surface area contributed by atoms with Crippen LogP contribution in [0.15, 0.2) is 42.7 Å². The van der Waals surface area contributed by atoms with Gasteiger partial charge in [0, 0.05) is 29.5 Å². The summed E-state index contributed by atoms with van der Waals surface area (Å²) < 4.78 is 0. The fraction of sp³-hybridized carbons (Fsp3) is 0.318. The van der Waals surface area contributed by atoms with Crippen molar-refractivity contribution in [1.82, 2.24) is 10.3 Å². The molecule has 1 aliphatic heterocycles. The molecule has 0 atom stereocenters. The van der Waals surface area contributed by atoms with Crippen LogP contribution in [0.1, 0.15) is 29.5 Å². The smallest absolute Gasteiger partial charge is 0.0684 e. The average Bonchev–Trinajstić information content (AvgIpc) is 2.67. The summed E-state index contributed by atoms with van der Waals surface area (Å²) in [6, 6.07) is 11.5. The molecule has 1 fully saturated rings. The van der Waals surface area contributed by atoms with Crippen molar-refractivity contribution in [1.29, 1.82) is 0 Å². The lowest BCUT2D eigenvalue weighted by Crippen LogP contribution is -2.35. The molecule has 2 aromatic carbocycles. The Morgan fingerprint density at radius 2 is 1.96 bits per heavy atom. The third-order valence-corrected chi connectivity index (χ3v) is 5.74. The van der Waals surface area contributed by atoms with Gasteiger partial charge >= 0.3 is 0 Å². The molecule has 2 bridgehead atoms. The van der Waals surface area contributed by atoms with Gasteiger partial charge in [-0.1, -0.05) is 6.07 Å². The number of aromatic nitrogens is 1. The first-order valence-corrected chi connectivity index (χ1v) is 9.43. The molecule has 132 valence electrons. The number of piperidine rings is 1. The second kappa shape index (κ2) is 6.38. The number of aliphatic hydroxyl groups excluding tert-OH is 1. The van der Waals surface area contributed by atoms with Gasteiger partial charge < -0.3 is 15.7 Å². The molecule has 0 unspecified atom stereocenters. The monoisotopic (exact) mass is 345 g/mol. The van der Waals surface area contributed by atoms with E-state index >= 15 is 0 Å². The zero-order valence-corrected chi connectivity index (χ0v) is 14.8. The molecule has 2 aliphatic carbocycles. The van der Waals surface area contributed by atoms with Crippen molar-refractivity contribution in [2.45, 2.75) is 31.9 Å². The number of hydrogen-bond acceptors (Lipinski definition) is 4. The van der Waals surface area contributed by atoms with Crippen molar-refractivity contribution in [2.24, 2.45) is 0 Å². The number of pyridine rings is 1. The maximum atomic E-state index is 9.64. The van der Waals surface area contributed by atoms with Crippen LogP contribution in [0.3, 0.4) is 0 Å². The second-order valence-electron chi connectivity index (χ2n) is 7.40. The third-order valence-electron chi connectivity index (χ3n) is 5.74. The zero-order valence-electron chi connectivity index (χ0n) is 14.8. The number of hydrogen-bond donors (Lipinski definition) is 3. The molecule has 3 aromatic rings. The molecule has 0 radical (unpaired) electrons. The Labute approximate surface area is 153 Å². The molecule has 4 nitrogen and oxygen atoms in total. The summed E-state index contributed by atoms with van der Waals surface area (Å²) in [6.07, 6.45) is 7.07. The fourth-order valence-electron chi connectivity index (χ4n) is 4.20. The van der Waals surface area contributed by atoms with Crippen LogP contribution in [0.2, 0.25) is 0 Å². The van der Waals surface area contributed by atoms with Crippen LogP contribution in [-0.4, -0.2) is 29.2 Å². The number of aliphatic hydroxyl groups is 1. The van der Waals surface area contributed by atoms with Crippen molar-refractivity contribution in [2.75, 3.05) is 18.4 Å². The standard InChI is InChI=1S/C22H23N3O/c26-13-18-10-20(16-8-15(18)9-16)17-7-14-1-4-24-12-21(14)22(11-17)25-19-2-5-23-6-3-19/h1,4,7-8,10-12,19,23,25-26H,2-3,5-6,9,13H2. The predicted molar refractivity (Wildman–Crippen MR) is 105 cm³/mol. The normalized spacial score (nSPS) is 16.5. The molecule has 2 heterocycles. The molecule has 3 aliphatic rings. The van der Waals surface area contributed by atoms with E-state index in [-0.39, 0.29) is 6.61 Å². The van der Waals surface area contributed by atoms with Crippen LogP contribution < -0.4 is 10.6 Å². The van der Waals surface area contributed by atoms with Gasteiger partial charge in [0.15, 0.2) is 0 Å². The van der Waals surface area contributed by atoms with Gasteiger partial charge in [0.25, 0.3) is 0 Å². The Hall–Kier alpha value is -2.43. The summed E-state index contributed by atoms with van der Waals surface area (Å²) >= 11 is 0. The summed E-state index contributed by atoms with van der Waals surface area (Å²) in [4.78, 5) is 4.34. The highest BCUT2D eigenvalue weighted by molar-refractivity contribution is 5.97. The second-order valence-corrected chi connectivity index (χ2v) is 7.40. The average molecular weight is 345 g/mol. The molecule has 0 spiro atoms. The maximum Gasteiger partial charge on any atom is 0.0684 e. The molecule has 1 saturated heterocycles. The molecule has 26 heavy (non-hydrogen) atoms. The summed E-state index contributed by atoms with van der Waals surface area (Å²) in [5.74, 6) is 0. The summed E-state index contributed by atoms with van der Waals surface area (Å²) in [5, 5.41) is 19.2. The highest BCUT2D eigenvalue weighted by Crippen LogP contribution is 2.39. The lowest BCUT2D eigenvalue weighted by Gasteiger charge is -2.27. The van der Waals surface area contributed by atoms with Gasteiger partial charge in [0.05, 0.1) is 6.61 Å². The van der Waals surface area contributed by atoms with Gasteiger partial charge in [0.2, 0.25) is 0 Å². The topological polar surface area (TPSA) is 57.2 Å². The Morgan fingerprint density at radius 1 is 1.12 bits per heavy atom. The molecular weight excluding hydrogens is 322 g/mol. The van der Waals surface area contributed by atoms with Crippen LogP contribution in [0.5, 0.6) is 0 Å². The van der Waals surface area contributed by atoms with Crippen molar-refractivity contribution < 1.29 is 5.11 Å². The number of benzene rings is 2. The van der Waals surface area contributed by atoms with Gasteiger partial charge in [-0.15, -0.1) is 0 Å². The van der Waals surface area contributed by atoms with E-state index < -0.39 is 0 Å². The lowest BCUT2D eigenvalue weighted by atomic mass is 9.81. The third kappa shape index (κ3) is 2.66. The van der Waals surface area contributed by atoms with E-state index in [1.807, 2.05) is 12.4 Å². The zero-order chi connectivity index (χ0) is 17.5. The minimum atomic E-state index is 0.111. The van der Waals surface area contributed by atoms with Gasteiger partial charge in [-0.05, 0) is 89.8 Å². The van der Waals surface area contributed by atoms with E-state index in [2.05, 4.69) is 45.9 Å². The Morgan fingerprint density at radius 3 is 2.77 bits per heavy atom. The summed E-state index contributed by atoms with van der Waals surface area (Å²) in [6.45, 7) is 2.25. The maximum absolute atomic E-state index is 9.64. The number of anilines is 1. The number of rotatable bonds is 4. The molecule has 3 N–H and O–H groups in total. The minimum absolute atomic E-state index is 0.111. The molecular formula is C22H23N3O. The minimum Gasteiger partial charge on any atom is -0.392 e. The lowest BCUT2D eigenvalue weighted by molar-refractivity contribution is 0.280. The number of nitrogens with zero attached hydrogens (tertiary/aromatic N) is 1. The Kier molecular flexibility index (Phi) is 3.88. The first kappa shape index (κ1) is 15.8. The van der Waals surface area contributed by atoms with Gasteiger partial charge in [-0.2, -0.15) is 0 Å². The van der Waals surface area contributed by atoms with Gasteiger partial charge in [-0.3, -0.25) is 4.98 Å². The van der Waals surface area contributed by atoms with Crippen molar-refractivity contribution in [3.05, 3.63) is 59.4 Å². The molecule has 0 saturated carbocycles. The highest BCUT2D eigenvalue weighted by Gasteiger charge is 2.21. The first-order valence-electron chi connectivity index (χ1n) is 9.43. The van der Waals surface area contributed by atoms with E-state index in [9.17, 15) is 5.11 Å². The molecule has 1 aromatic heterocycles. The van der Waals surface area contributed by atoms with Crippen molar-refractivity contribution >= 4 is 16.5 Å². The van der Waals surface area contributed by atoms with Crippen LogP contribution >= 0.6 is 0 Å². The SMILES string of the molecule is OCc1cc(-c2cc(NC3CCNCC3)c3cnccc3c2)c2cc1C2. The van der Waals surface area contributed by atoms with E-state index in [1.165, 1.54) is 38.7 Å². The Balaban J connectivity index is 1.61. The van der Waals surface area contributed by atoms with Crippen LogP contribution in [0.4, 0.5) is 5.69 Å². The van der Waals surface area contributed by atoms with Crippen LogP contribution in [0.25, 0.3) is 21.9 Å². The summed E-state index contributed by atoms with van der Waals surface area (Å²) in [5.41, 5.74) is 7.34. The molecule has 6 rings (SSSR count). The van der Waals surface area contributed by atoms with E-state index in [4.69, 9.17) is 0 Å². The number of fused-ring (bicyclic) bond motifs is 3. The molecule has 4 heteroatoms. The largest absolute Gasteiger partial charge is 0.392 e. The molecule has 0 amide bonds.